The first-order chi connectivity index (χ1) is 9.68. The maximum Gasteiger partial charge on any atom is 0.420 e. The summed E-state index contributed by atoms with van der Waals surface area (Å²) >= 11 is 0. The smallest absolute Gasteiger partial charge is 0.420 e. The number of hydrogen-bond donors (Lipinski definition) is 0. The van der Waals surface area contributed by atoms with Crippen LogP contribution in [0.2, 0.25) is 0 Å². The van der Waals surface area contributed by atoms with E-state index in [2.05, 4.69) is 0 Å². The van der Waals surface area contributed by atoms with E-state index < -0.39 is 22.4 Å². The van der Waals surface area contributed by atoms with Crippen LogP contribution in [0.1, 0.15) is 18.4 Å². The second-order valence-corrected chi connectivity index (χ2v) is 5.26. The monoisotopic (exact) mass is 304 g/mol. The Bertz CT molecular complexity index is 540. The lowest BCUT2D eigenvalue weighted by Crippen LogP contribution is -2.46. The van der Waals surface area contributed by atoms with Gasteiger partial charge in [0.2, 0.25) is 0 Å². The van der Waals surface area contributed by atoms with Gasteiger partial charge in [0.25, 0.3) is 5.69 Å². The van der Waals surface area contributed by atoms with E-state index in [1.54, 1.807) is 0 Å². The number of benzene rings is 1. The third-order valence-corrected chi connectivity index (χ3v) is 3.57. The molecule has 0 radical (unpaired) electrons. The van der Waals surface area contributed by atoms with Crippen molar-refractivity contribution in [3.63, 3.8) is 0 Å². The van der Waals surface area contributed by atoms with Gasteiger partial charge in [0.05, 0.1) is 4.92 Å². The molecule has 1 saturated carbocycles. The van der Waals surface area contributed by atoms with Crippen molar-refractivity contribution in [3.05, 3.63) is 33.9 Å². The van der Waals surface area contributed by atoms with Crippen molar-refractivity contribution in [1.29, 1.82) is 0 Å². The second-order valence-electron chi connectivity index (χ2n) is 5.26. The van der Waals surface area contributed by atoms with Crippen molar-refractivity contribution in [3.8, 4) is 5.75 Å². The largest absolute Gasteiger partial charge is 0.490 e. The lowest BCUT2D eigenvalue weighted by Gasteiger charge is -2.39. The standard InChI is InChI=1S/C13H15F3N2O3/c1-17(2)9-5-10(6-9)21-12-4-3-8(18(19)20)7-11(12)13(14,15)16/h3-4,7,9-10H,5-6H2,1-2H3. The zero-order valence-electron chi connectivity index (χ0n) is 11.6. The summed E-state index contributed by atoms with van der Waals surface area (Å²) in [5.74, 6) is -0.352. The first-order valence-corrected chi connectivity index (χ1v) is 6.37. The van der Waals surface area contributed by atoms with Crippen LogP contribution in [-0.4, -0.2) is 36.1 Å². The van der Waals surface area contributed by atoms with Crippen LogP contribution in [0.4, 0.5) is 18.9 Å². The summed E-state index contributed by atoms with van der Waals surface area (Å²) < 4.78 is 44.2. The first kappa shape index (κ1) is 15.6. The highest BCUT2D eigenvalue weighted by molar-refractivity contribution is 5.45. The lowest BCUT2D eigenvalue weighted by molar-refractivity contribution is -0.385. The molecule has 0 bridgehead atoms. The molecule has 0 aromatic heterocycles. The molecular formula is C13H15F3N2O3. The number of nitro groups is 1. The normalized spacial score (nSPS) is 22.0. The SMILES string of the molecule is CN(C)C1CC(Oc2ccc([N+](=O)[O-])cc2C(F)(F)F)C1. The molecule has 1 fully saturated rings. The third kappa shape index (κ3) is 3.44. The Morgan fingerprint density at radius 1 is 1.33 bits per heavy atom. The topological polar surface area (TPSA) is 55.6 Å². The zero-order valence-corrected chi connectivity index (χ0v) is 11.6. The Hall–Kier alpha value is -1.83. The number of alkyl halides is 3. The number of hydrogen-bond acceptors (Lipinski definition) is 4. The van der Waals surface area contributed by atoms with E-state index in [-0.39, 0.29) is 11.9 Å². The Morgan fingerprint density at radius 3 is 2.43 bits per heavy atom. The average molecular weight is 304 g/mol. The molecule has 1 aromatic rings. The van der Waals surface area contributed by atoms with Gasteiger partial charge in [0.15, 0.2) is 0 Å². The molecule has 1 aromatic carbocycles. The van der Waals surface area contributed by atoms with Crippen molar-refractivity contribution < 1.29 is 22.8 Å². The van der Waals surface area contributed by atoms with Crippen LogP contribution in [0.25, 0.3) is 0 Å². The van der Waals surface area contributed by atoms with Gasteiger partial charge in [0, 0.05) is 18.2 Å². The fourth-order valence-electron chi connectivity index (χ4n) is 2.19. The van der Waals surface area contributed by atoms with Crippen LogP contribution in [0, 0.1) is 10.1 Å². The van der Waals surface area contributed by atoms with Gasteiger partial charge in [-0.15, -0.1) is 0 Å². The number of nitrogens with zero attached hydrogens (tertiary/aromatic N) is 2. The average Bonchev–Trinajstić information content (AvgIpc) is 2.31. The van der Waals surface area contributed by atoms with E-state index >= 15 is 0 Å². The lowest BCUT2D eigenvalue weighted by atomic mass is 9.88. The van der Waals surface area contributed by atoms with Crippen molar-refractivity contribution >= 4 is 5.69 Å². The Balaban J connectivity index is 2.18. The first-order valence-electron chi connectivity index (χ1n) is 6.37. The fourth-order valence-corrected chi connectivity index (χ4v) is 2.19. The van der Waals surface area contributed by atoms with Crippen molar-refractivity contribution in [1.82, 2.24) is 4.90 Å². The molecule has 2 rings (SSSR count). The minimum atomic E-state index is -4.69. The Labute approximate surface area is 119 Å². The third-order valence-electron chi connectivity index (χ3n) is 3.57. The number of nitro benzene ring substituents is 1. The van der Waals surface area contributed by atoms with Gasteiger partial charge in [-0.2, -0.15) is 13.2 Å². The minimum absolute atomic E-state index is 0.292. The van der Waals surface area contributed by atoms with Gasteiger partial charge in [0.1, 0.15) is 17.4 Å². The van der Waals surface area contributed by atoms with Gasteiger partial charge < -0.3 is 9.64 Å². The van der Waals surface area contributed by atoms with Gasteiger partial charge >= 0.3 is 6.18 Å². The van der Waals surface area contributed by atoms with E-state index in [1.807, 2.05) is 19.0 Å². The van der Waals surface area contributed by atoms with Crippen molar-refractivity contribution in [2.75, 3.05) is 14.1 Å². The highest BCUT2D eigenvalue weighted by atomic mass is 19.4. The predicted octanol–water partition coefficient (Wildman–Crippen LogP) is 3.09. The van der Waals surface area contributed by atoms with Crippen LogP contribution >= 0.6 is 0 Å². The number of rotatable bonds is 4. The summed E-state index contributed by atoms with van der Waals surface area (Å²) in [5.41, 5.74) is -1.71. The molecule has 0 saturated heterocycles. The van der Waals surface area contributed by atoms with Crippen LogP contribution in [0.15, 0.2) is 18.2 Å². The van der Waals surface area contributed by atoms with Crippen LogP contribution in [0.5, 0.6) is 5.75 Å². The van der Waals surface area contributed by atoms with Crippen LogP contribution in [-0.2, 0) is 6.18 Å². The molecular weight excluding hydrogens is 289 g/mol. The Kier molecular flexibility index (Phi) is 4.08. The summed E-state index contributed by atoms with van der Waals surface area (Å²) in [6.07, 6.45) is -3.70. The molecule has 0 amide bonds. The molecule has 0 aliphatic heterocycles. The summed E-state index contributed by atoms with van der Waals surface area (Å²) in [4.78, 5) is 11.7. The van der Waals surface area contributed by atoms with E-state index in [0.717, 1.165) is 12.1 Å². The number of ether oxygens (including phenoxy) is 1. The van der Waals surface area contributed by atoms with Gasteiger partial charge in [-0.25, -0.2) is 0 Å². The van der Waals surface area contributed by atoms with Gasteiger partial charge in [-0.05, 0) is 33.0 Å². The summed E-state index contributed by atoms with van der Waals surface area (Å²) in [5, 5.41) is 10.6. The highest BCUT2D eigenvalue weighted by Crippen LogP contribution is 2.40. The quantitative estimate of drug-likeness (QED) is 0.633. The van der Waals surface area contributed by atoms with E-state index in [4.69, 9.17) is 4.74 Å². The summed E-state index contributed by atoms with van der Waals surface area (Å²) in [6.45, 7) is 0. The molecule has 0 N–H and O–H groups in total. The van der Waals surface area contributed by atoms with Crippen LogP contribution in [0.3, 0.4) is 0 Å². The van der Waals surface area contributed by atoms with E-state index in [0.29, 0.717) is 24.9 Å². The minimum Gasteiger partial charge on any atom is -0.490 e. The molecule has 0 spiro atoms. The molecule has 0 atom stereocenters. The zero-order chi connectivity index (χ0) is 15.8. The van der Waals surface area contributed by atoms with E-state index in [1.165, 1.54) is 0 Å². The Morgan fingerprint density at radius 2 is 1.95 bits per heavy atom. The van der Waals surface area contributed by atoms with Crippen molar-refractivity contribution in [2.24, 2.45) is 0 Å². The maximum atomic E-state index is 13.0. The molecule has 116 valence electrons. The maximum absolute atomic E-state index is 13.0. The molecule has 8 heteroatoms. The number of non-ortho nitro benzene ring substituents is 1. The summed E-state index contributed by atoms with van der Waals surface area (Å²) in [6, 6.07) is 2.84. The molecule has 1 aliphatic carbocycles. The molecule has 5 nitrogen and oxygen atoms in total. The molecule has 1 aliphatic rings. The van der Waals surface area contributed by atoms with Crippen molar-refractivity contribution in [2.45, 2.75) is 31.2 Å². The second kappa shape index (κ2) is 5.51. The summed E-state index contributed by atoms with van der Waals surface area (Å²) in [7, 11) is 3.79. The van der Waals surface area contributed by atoms with Gasteiger partial charge in [-0.1, -0.05) is 0 Å². The van der Waals surface area contributed by atoms with Gasteiger partial charge in [-0.3, -0.25) is 10.1 Å². The molecule has 21 heavy (non-hydrogen) atoms. The highest BCUT2D eigenvalue weighted by Gasteiger charge is 2.38. The molecule has 0 heterocycles. The molecule has 0 unspecified atom stereocenters. The number of halogens is 3. The van der Waals surface area contributed by atoms with Crippen LogP contribution < -0.4 is 4.74 Å². The van der Waals surface area contributed by atoms with E-state index in [9.17, 15) is 23.3 Å². The fraction of sp³-hybridized carbons (Fsp3) is 0.538. The predicted molar refractivity (Wildman–Crippen MR) is 69.2 cm³/mol.